The number of fused-ring (bicyclic) bond motifs is 2. The number of nitrogens with zero attached hydrogens (tertiary/aromatic N) is 6. The SMILES string of the molecule is CC(=O)N1CCc2[nH]nc(N3CCCc4cc(-c5cnn(C)c5)ncc43)c2C1. The van der Waals surface area contributed by atoms with Gasteiger partial charge in [-0.3, -0.25) is 19.6 Å². The van der Waals surface area contributed by atoms with Crippen molar-refractivity contribution in [2.75, 3.05) is 18.0 Å². The van der Waals surface area contributed by atoms with Gasteiger partial charge in [-0.25, -0.2) is 0 Å². The van der Waals surface area contributed by atoms with Crippen LogP contribution in [-0.4, -0.2) is 48.9 Å². The predicted molar refractivity (Wildman–Crippen MR) is 105 cm³/mol. The number of anilines is 2. The zero-order chi connectivity index (χ0) is 19.3. The number of rotatable bonds is 2. The minimum Gasteiger partial charge on any atom is -0.338 e. The second kappa shape index (κ2) is 6.47. The predicted octanol–water partition coefficient (Wildman–Crippen LogP) is 2.19. The molecule has 3 aromatic heterocycles. The third-order valence-corrected chi connectivity index (χ3v) is 5.70. The van der Waals surface area contributed by atoms with Gasteiger partial charge >= 0.3 is 0 Å². The number of aromatic nitrogens is 5. The molecule has 2 aliphatic rings. The third kappa shape index (κ3) is 2.76. The number of pyridine rings is 1. The summed E-state index contributed by atoms with van der Waals surface area (Å²) in [5.41, 5.74) is 6.62. The Hall–Kier alpha value is -3.16. The van der Waals surface area contributed by atoms with Gasteiger partial charge in [-0.05, 0) is 24.5 Å². The van der Waals surface area contributed by atoms with Gasteiger partial charge in [0.15, 0.2) is 5.82 Å². The molecule has 144 valence electrons. The first-order chi connectivity index (χ1) is 13.6. The van der Waals surface area contributed by atoms with Gasteiger partial charge in [0.05, 0.1) is 30.3 Å². The Labute approximate surface area is 163 Å². The van der Waals surface area contributed by atoms with Crippen LogP contribution < -0.4 is 4.90 Å². The van der Waals surface area contributed by atoms with Crippen molar-refractivity contribution in [1.29, 1.82) is 0 Å². The fourth-order valence-corrected chi connectivity index (χ4v) is 4.18. The van der Waals surface area contributed by atoms with Crippen LogP contribution >= 0.6 is 0 Å². The quantitative estimate of drug-likeness (QED) is 0.740. The molecule has 1 amide bonds. The maximum absolute atomic E-state index is 11.9. The topological polar surface area (TPSA) is 82.9 Å². The van der Waals surface area contributed by atoms with Gasteiger partial charge in [0.2, 0.25) is 5.91 Å². The van der Waals surface area contributed by atoms with Gasteiger partial charge in [0, 0.05) is 56.5 Å². The van der Waals surface area contributed by atoms with Crippen molar-refractivity contribution in [3.8, 4) is 11.3 Å². The lowest BCUT2D eigenvalue weighted by atomic mass is 10.00. The minimum atomic E-state index is 0.111. The molecule has 28 heavy (non-hydrogen) atoms. The van der Waals surface area contributed by atoms with Crippen LogP contribution in [-0.2, 0) is 31.2 Å². The van der Waals surface area contributed by atoms with E-state index >= 15 is 0 Å². The number of hydrogen-bond donors (Lipinski definition) is 1. The van der Waals surface area contributed by atoms with Gasteiger partial charge in [-0.15, -0.1) is 0 Å². The lowest BCUT2D eigenvalue weighted by Gasteiger charge is -2.32. The van der Waals surface area contributed by atoms with Crippen molar-refractivity contribution in [1.82, 2.24) is 29.9 Å². The molecule has 0 bridgehead atoms. The maximum atomic E-state index is 11.9. The molecule has 5 rings (SSSR count). The van der Waals surface area contributed by atoms with Crippen LogP contribution in [0.5, 0.6) is 0 Å². The summed E-state index contributed by atoms with van der Waals surface area (Å²) in [4.78, 5) is 20.7. The van der Waals surface area contributed by atoms with Crippen LogP contribution in [0, 0.1) is 0 Å². The van der Waals surface area contributed by atoms with Crippen LogP contribution in [0.2, 0.25) is 0 Å². The molecule has 0 saturated heterocycles. The Morgan fingerprint density at radius 2 is 2.11 bits per heavy atom. The minimum absolute atomic E-state index is 0.111. The van der Waals surface area contributed by atoms with E-state index in [1.165, 1.54) is 5.56 Å². The molecule has 0 unspecified atom stereocenters. The number of aromatic amines is 1. The molecule has 0 atom stereocenters. The lowest BCUT2D eigenvalue weighted by molar-refractivity contribution is -0.129. The Morgan fingerprint density at radius 3 is 2.89 bits per heavy atom. The highest BCUT2D eigenvalue weighted by Gasteiger charge is 2.29. The van der Waals surface area contributed by atoms with Crippen molar-refractivity contribution < 1.29 is 4.79 Å². The normalized spacial score (nSPS) is 16.1. The fraction of sp³-hybridized carbons (Fsp3) is 0.400. The Kier molecular flexibility index (Phi) is 3.92. The highest BCUT2D eigenvalue weighted by atomic mass is 16.2. The molecule has 8 heteroatoms. The molecule has 0 radical (unpaired) electrons. The van der Waals surface area contributed by atoms with Gasteiger partial charge in [0.25, 0.3) is 0 Å². The molecular formula is C20H23N7O. The number of carbonyl (C=O) groups excluding carboxylic acids is 1. The van der Waals surface area contributed by atoms with Gasteiger partial charge < -0.3 is 9.80 Å². The van der Waals surface area contributed by atoms with E-state index in [1.54, 1.807) is 11.6 Å². The van der Waals surface area contributed by atoms with Crippen LogP contribution in [0.4, 0.5) is 11.5 Å². The zero-order valence-electron chi connectivity index (χ0n) is 16.1. The molecule has 1 N–H and O–H groups in total. The van der Waals surface area contributed by atoms with Crippen LogP contribution in [0.15, 0.2) is 24.7 Å². The number of H-pyrrole nitrogens is 1. The lowest BCUT2D eigenvalue weighted by Crippen LogP contribution is -2.35. The van der Waals surface area contributed by atoms with E-state index in [4.69, 9.17) is 4.98 Å². The second-order valence-electron chi connectivity index (χ2n) is 7.55. The molecule has 2 aliphatic heterocycles. The summed E-state index contributed by atoms with van der Waals surface area (Å²) in [7, 11) is 1.91. The Balaban J connectivity index is 1.51. The number of aryl methyl sites for hydroxylation is 2. The summed E-state index contributed by atoms with van der Waals surface area (Å²) in [6, 6.07) is 2.17. The molecule has 0 aromatic carbocycles. The second-order valence-corrected chi connectivity index (χ2v) is 7.55. The van der Waals surface area contributed by atoms with E-state index in [-0.39, 0.29) is 5.91 Å². The summed E-state index contributed by atoms with van der Waals surface area (Å²) in [5, 5.41) is 12.1. The van der Waals surface area contributed by atoms with Gasteiger partial charge in [-0.1, -0.05) is 0 Å². The van der Waals surface area contributed by atoms with Crippen molar-refractivity contribution in [2.24, 2.45) is 7.05 Å². The summed E-state index contributed by atoms with van der Waals surface area (Å²) in [6.45, 7) is 3.89. The van der Waals surface area contributed by atoms with Crippen molar-refractivity contribution in [3.05, 3.63) is 41.5 Å². The molecule has 0 saturated carbocycles. The first-order valence-corrected chi connectivity index (χ1v) is 9.67. The molecule has 0 fully saturated rings. The first-order valence-electron chi connectivity index (χ1n) is 9.67. The average Bonchev–Trinajstić information content (AvgIpc) is 3.32. The summed E-state index contributed by atoms with van der Waals surface area (Å²) < 4.78 is 1.79. The van der Waals surface area contributed by atoms with Crippen molar-refractivity contribution in [2.45, 2.75) is 32.7 Å². The standard InChI is InChI=1S/C20H23N7O/c1-13(28)26-7-5-17-16(12-26)20(24-23-17)27-6-3-4-14-8-18(21-10-19(14)27)15-9-22-25(2)11-15/h8-11H,3-7,12H2,1-2H3,(H,23,24). The van der Waals surface area contributed by atoms with E-state index in [9.17, 15) is 4.79 Å². The highest BCUT2D eigenvalue weighted by molar-refractivity contribution is 5.75. The van der Waals surface area contributed by atoms with Crippen molar-refractivity contribution in [3.63, 3.8) is 0 Å². The van der Waals surface area contributed by atoms with E-state index < -0.39 is 0 Å². The first kappa shape index (κ1) is 17.0. The van der Waals surface area contributed by atoms with Crippen LogP contribution in [0.25, 0.3) is 11.3 Å². The molecule has 8 nitrogen and oxygen atoms in total. The van der Waals surface area contributed by atoms with E-state index in [1.807, 2.05) is 30.5 Å². The van der Waals surface area contributed by atoms with Crippen LogP contribution in [0.1, 0.15) is 30.2 Å². The summed E-state index contributed by atoms with van der Waals surface area (Å²) in [5.74, 6) is 1.04. The number of carbonyl (C=O) groups is 1. The van der Waals surface area contributed by atoms with Gasteiger partial charge in [-0.2, -0.15) is 10.2 Å². The van der Waals surface area contributed by atoms with Gasteiger partial charge in [0.1, 0.15) is 0 Å². The fourth-order valence-electron chi connectivity index (χ4n) is 4.18. The van der Waals surface area contributed by atoms with E-state index in [0.29, 0.717) is 6.54 Å². The number of nitrogens with one attached hydrogen (secondary N) is 1. The number of hydrogen-bond acceptors (Lipinski definition) is 5. The zero-order valence-corrected chi connectivity index (χ0v) is 16.1. The maximum Gasteiger partial charge on any atom is 0.219 e. The third-order valence-electron chi connectivity index (χ3n) is 5.70. The monoisotopic (exact) mass is 377 g/mol. The molecular weight excluding hydrogens is 354 g/mol. The summed E-state index contributed by atoms with van der Waals surface area (Å²) in [6.07, 6.45) is 8.67. The molecule has 5 heterocycles. The molecule has 0 spiro atoms. The Bertz CT molecular complexity index is 1050. The van der Waals surface area contributed by atoms with Crippen LogP contribution in [0.3, 0.4) is 0 Å². The van der Waals surface area contributed by atoms with E-state index in [0.717, 1.165) is 66.4 Å². The van der Waals surface area contributed by atoms with Crippen molar-refractivity contribution >= 4 is 17.4 Å². The Morgan fingerprint density at radius 1 is 1.21 bits per heavy atom. The average molecular weight is 377 g/mol. The molecule has 0 aliphatic carbocycles. The summed E-state index contributed by atoms with van der Waals surface area (Å²) >= 11 is 0. The molecule has 3 aromatic rings. The smallest absolute Gasteiger partial charge is 0.219 e. The highest BCUT2D eigenvalue weighted by Crippen LogP contribution is 2.37. The largest absolute Gasteiger partial charge is 0.338 e. The van der Waals surface area contributed by atoms with E-state index in [2.05, 4.69) is 26.3 Å². The number of amides is 1.